The second-order valence-corrected chi connectivity index (χ2v) is 5.54. The zero-order chi connectivity index (χ0) is 15.6. The van der Waals surface area contributed by atoms with Gasteiger partial charge in [0.2, 0.25) is 0 Å². The number of carbonyl (C=O) groups is 2. The molecule has 0 aromatic heterocycles. The van der Waals surface area contributed by atoms with Gasteiger partial charge in [-0.1, -0.05) is 30.3 Å². The average molecular weight is 304 g/mol. The molecule has 1 fully saturated rings. The van der Waals surface area contributed by atoms with E-state index in [9.17, 15) is 9.59 Å². The van der Waals surface area contributed by atoms with Crippen LogP contribution in [0.3, 0.4) is 0 Å². The molecule has 0 radical (unpaired) electrons. The minimum Gasteiger partial charge on any atom is -0.376 e. The Balaban J connectivity index is 1.52. The predicted molar refractivity (Wildman–Crippen MR) is 84.4 cm³/mol. The monoisotopic (exact) mass is 304 g/mol. The van der Waals surface area contributed by atoms with Crippen molar-refractivity contribution < 1.29 is 14.3 Å². The van der Waals surface area contributed by atoms with Gasteiger partial charge in [0, 0.05) is 19.7 Å². The number of benzene rings is 1. The highest BCUT2D eigenvalue weighted by molar-refractivity contribution is 6.35. The van der Waals surface area contributed by atoms with Crippen molar-refractivity contribution in [1.29, 1.82) is 0 Å². The van der Waals surface area contributed by atoms with Gasteiger partial charge in [0.25, 0.3) is 0 Å². The van der Waals surface area contributed by atoms with Crippen LogP contribution in [-0.4, -0.2) is 37.6 Å². The summed E-state index contributed by atoms with van der Waals surface area (Å²) in [6.07, 6.45) is 4.86. The van der Waals surface area contributed by atoms with Gasteiger partial charge >= 0.3 is 11.8 Å². The summed E-state index contributed by atoms with van der Waals surface area (Å²) in [4.78, 5) is 23.2. The molecule has 2 amide bonds. The molecule has 0 spiro atoms. The molecule has 1 aliphatic rings. The topological polar surface area (TPSA) is 67.4 Å². The molecule has 1 heterocycles. The number of nitrogens with one attached hydrogen (secondary N) is 2. The minimum atomic E-state index is -0.571. The van der Waals surface area contributed by atoms with E-state index in [4.69, 9.17) is 4.74 Å². The Morgan fingerprint density at radius 2 is 1.86 bits per heavy atom. The van der Waals surface area contributed by atoms with Crippen LogP contribution in [-0.2, 0) is 20.7 Å². The van der Waals surface area contributed by atoms with Gasteiger partial charge in [-0.25, -0.2) is 0 Å². The van der Waals surface area contributed by atoms with Crippen LogP contribution in [0.25, 0.3) is 0 Å². The van der Waals surface area contributed by atoms with Crippen LogP contribution in [0.2, 0.25) is 0 Å². The quantitative estimate of drug-likeness (QED) is 0.591. The van der Waals surface area contributed by atoms with Gasteiger partial charge < -0.3 is 15.4 Å². The maximum absolute atomic E-state index is 11.6. The fraction of sp³-hybridized carbons (Fsp3) is 0.529. The number of unbranched alkanes of at least 4 members (excludes halogenated alkanes) is 1. The number of hydrogen-bond donors (Lipinski definition) is 2. The highest BCUT2D eigenvalue weighted by Gasteiger charge is 2.18. The van der Waals surface area contributed by atoms with E-state index in [2.05, 4.69) is 22.8 Å². The van der Waals surface area contributed by atoms with Crippen LogP contribution in [0.1, 0.15) is 31.2 Å². The van der Waals surface area contributed by atoms with Crippen molar-refractivity contribution in [2.24, 2.45) is 0 Å². The molecule has 1 aromatic rings. The van der Waals surface area contributed by atoms with Crippen molar-refractivity contribution in [3.63, 3.8) is 0 Å². The fourth-order valence-corrected chi connectivity index (χ4v) is 2.47. The van der Waals surface area contributed by atoms with E-state index in [0.29, 0.717) is 13.1 Å². The first-order chi connectivity index (χ1) is 10.8. The fourth-order valence-electron chi connectivity index (χ4n) is 2.47. The Morgan fingerprint density at radius 3 is 2.59 bits per heavy atom. The first kappa shape index (κ1) is 16.5. The van der Waals surface area contributed by atoms with E-state index in [1.165, 1.54) is 5.56 Å². The molecule has 1 aromatic carbocycles. The average Bonchev–Trinajstić information content (AvgIpc) is 3.06. The molecule has 0 bridgehead atoms. The third kappa shape index (κ3) is 5.85. The summed E-state index contributed by atoms with van der Waals surface area (Å²) in [6.45, 7) is 1.69. The summed E-state index contributed by atoms with van der Waals surface area (Å²) in [5.74, 6) is -1.13. The molecule has 5 heteroatoms. The molecular formula is C17H24N2O3. The Bertz CT molecular complexity index is 470. The number of ether oxygens (including phenoxy) is 1. The number of rotatable bonds is 7. The lowest BCUT2D eigenvalue weighted by atomic mass is 10.1. The van der Waals surface area contributed by atoms with E-state index in [1.54, 1.807) is 0 Å². The number of aryl methyl sites for hydroxylation is 1. The number of carbonyl (C=O) groups excluding carboxylic acids is 2. The van der Waals surface area contributed by atoms with Gasteiger partial charge in [-0.15, -0.1) is 0 Å². The smallest absolute Gasteiger partial charge is 0.309 e. The van der Waals surface area contributed by atoms with E-state index in [1.807, 2.05) is 18.2 Å². The maximum atomic E-state index is 11.6. The van der Waals surface area contributed by atoms with Crippen LogP contribution in [0.4, 0.5) is 0 Å². The largest absolute Gasteiger partial charge is 0.376 e. The normalized spacial score (nSPS) is 17.2. The second-order valence-electron chi connectivity index (χ2n) is 5.54. The SMILES string of the molecule is O=C(NCCCCc1ccccc1)C(=O)NC[C@H]1CCCO1. The summed E-state index contributed by atoms with van der Waals surface area (Å²) in [5.41, 5.74) is 1.29. The number of amides is 2. The first-order valence-corrected chi connectivity index (χ1v) is 7.97. The van der Waals surface area contributed by atoms with Crippen LogP contribution in [0.5, 0.6) is 0 Å². The summed E-state index contributed by atoms with van der Waals surface area (Å²) in [5, 5.41) is 5.27. The van der Waals surface area contributed by atoms with Crippen LogP contribution < -0.4 is 10.6 Å². The minimum absolute atomic E-state index is 0.0580. The van der Waals surface area contributed by atoms with Gasteiger partial charge in [0.1, 0.15) is 0 Å². The summed E-state index contributed by atoms with van der Waals surface area (Å²) in [7, 11) is 0. The van der Waals surface area contributed by atoms with Gasteiger partial charge in [-0.05, 0) is 37.7 Å². The van der Waals surface area contributed by atoms with Crippen LogP contribution in [0.15, 0.2) is 30.3 Å². The number of hydrogen-bond acceptors (Lipinski definition) is 3. The summed E-state index contributed by atoms with van der Waals surface area (Å²) >= 11 is 0. The zero-order valence-electron chi connectivity index (χ0n) is 12.8. The molecule has 1 atom stereocenters. The van der Waals surface area contributed by atoms with Crippen LogP contribution >= 0.6 is 0 Å². The standard InChI is InChI=1S/C17H24N2O3/c20-16(17(21)19-13-15-10-6-12-22-15)18-11-5-4-9-14-7-2-1-3-8-14/h1-3,7-8,15H,4-6,9-13H2,(H,18,20)(H,19,21)/t15-/m1/s1. The van der Waals surface area contributed by atoms with E-state index in [-0.39, 0.29) is 6.10 Å². The van der Waals surface area contributed by atoms with Gasteiger partial charge in [0.05, 0.1) is 6.10 Å². The predicted octanol–water partition coefficient (Wildman–Crippen LogP) is 1.42. The highest BCUT2D eigenvalue weighted by atomic mass is 16.5. The van der Waals surface area contributed by atoms with E-state index in [0.717, 1.165) is 38.7 Å². The van der Waals surface area contributed by atoms with Crippen molar-refractivity contribution in [3.05, 3.63) is 35.9 Å². The third-order valence-electron chi connectivity index (χ3n) is 3.74. The molecule has 2 rings (SSSR count). The maximum Gasteiger partial charge on any atom is 0.309 e. The van der Waals surface area contributed by atoms with Crippen molar-refractivity contribution in [3.8, 4) is 0 Å². The Morgan fingerprint density at radius 1 is 1.09 bits per heavy atom. The Hall–Kier alpha value is -1.88. The van der Waals surface area contributed by atoms with Crippen molar-refractivity contribution in [2.45, 2.75) is 38.2 Å². The molecule has 22 heavy (non-hydrogen) atoms. The highest BCUT2D eigenvalue weighted by Crippen LogP contribution is 2.10. The second kappa shape index (κ2) is 9.20. The summed E-state index contributed by atoms with van der Waals surface area (Å²) < 4.78 is 5.39. The van der Waals surface area contributed by atoms with E-state index < -0.39 is 11.8 Å². The first-order valence-electron chi connectivity index (χ1n) is 7.97. The molecular weight excluding hydrogens is 280 g/mol. The molecule has 1 aliphatic heterocycles. The van der Waals surface area contributed by atoms with Crippen molar-refractivity contribution in [1.82, 2.24) is 10.6 Å². The lowest BCUT2D eigenvalue weighted by Gasteiger charge is -2.10. The lowest BCUT2D eigenvalue weighted by molar-refractivity contribution is -0.139. The summed E-state index contributed by atoms with van der Waals surface area (Å²) in [6, 6.07) is 10.2. The van der Waals surface area contributed by atoms with Gasteiger partial charge in [-0.3, -0.25) is 9.59 Å². The van der Waals surface area contributed by atoms with Crippen molar-refractivity contribution in [2.75, 3.05) is 19.7 Å². The van der Waals surface area contributed by atoms with E-state index >= 15 is 0 Å². The zero-order valence-corrected chi connectivity index (χ0v) is 12.8. The van der Waals surface area contributed by atoms with Crippen molar-refractivity contribution >= 4 is 11.8 Å². The molecule has 0 saturated carbocycles. The lowest BCUT2D eigenvalue weighted by Crippen LogP contribution is -2.42. The molecule has 5 nitrogen and oxygen atoms in total. The molecule has 1 saturated heterocycles. The molecule has 120 valence electrons. The Labute approximate surface area is 131 Å². The van der Waals surface area contributed by atoms with Gasteiger partial charge in [-0.2, -0.15) is 0 Å². The van der Waals surface area contributed by atoms with Gasteiger partial charge in [0.15, 0.2) is 0 Å². The molecule has 0 unspecified atom stereocenters. The molecule has 0 aliphatic carbocycles. The third-order valence-corrected chi connectivity index (χ3v) is 3.74. The Kier molecular flexibility index (Phi) is 6.90. The van der Waals surface area contributed by atoms with Crippen LogP contribution in [0, 0.1) is 0 Å². The molecule has 2 N–H and O–H groups in total.